The highest BCUT2D eigenvalue weighted by atomic mass is 16.3. The number of hydrogen-bond donors (Lipinski definition) is 2. The van der Waals surface area contributed by atoms with Gasteiger partial charge in [-0.3, -0.25) is 9.59 Å². The van der Waals surface area contributed by atoms with Crippen molar-refractivity contribution in [3.63, 3.8) is 0 Å². The third kappa shape index (κ3) is 3.22. The number of pyridine rings is 1. The zero-order valence-corrected chi connectivity index (χ0v) is 13.4. The second-order valence-electron chi connectivity index (χ2n) is 5.80. The van der Waals surface area contributed by atoms with E-state index in [1.807, 2.05) is 24.3 Å². The van der Waals surface area contributed by atoms with Gasteiger partial charge in [-0.15, -0.1) is 0 Å². The number of nitrogens with one attached hydrogen (secondary N) is 1. The summed E-state index contributed by atoms with van der Waals surface area (Å²) in [5.74, 6) is -0.306. The number of rotatable bonds is 3. The fourth-order valence-electron chi connectivity index (χ4n) is 3.10. The highest BCUT2D eigenvalue weighted by Gasteiger charge is 2.30. The van der Waals surface area contributed by atoms with E-state index in [9.17, 15) is 14.7 Å². The second kappa shape index (κ2) is 6.70. The zero-order valence-electron chi connectivity index (χ0n) is 13.4. The summed E-state index contributed by atoms with van der Waals surface area (Å²) >= 11 is 0. The van der Waals surface area contributed by atoms with Gasteiger partial charge in [0.25, 0.3) is 0 Å². The first-order chi connectivity index (χ1) is 11.6. The molecule has 6 nitrogen and oxygen atoms in total. The first-order valence-corrected chi connectivity index (χ1v) is 7.85. The molecular weight excluding hydrogens is 306 g/mol. The van der Waals surface area contributed by atoms with E-state index in [0.717, 1.165) is 17.5 Å². The molecule has 0 saturated carbocycles. The number of aromatic hydroxyl groups is 1. The maximum atomic E-state index is 12.4. The summed E-state index contributed by atoms with van der Waals surface area (Å²) in [5.41, 5.74) is 2.16. The van der Waals surface area contributed by atoms with Crippen molar-refractivity contribution >= 4 is 17.6 Å². The summed E-state index contributed by atoms with van der Waals surface area (Å²) in [6.45, 7) is 2.11. The Morgan fingerprint density at radius 1 is 1.29 bits per heavy atom. The molecule has 0 spiro atoms. The van der Waals surface area contributed by atoms with Crippen molar-refractivity contribution < 1.29 is 14.7 Å². The Kier molecular flexibility index (Phi) is 4.46. The Bertz CT molecular complexity index is 776. The second-order valence-corrected chi connectivity index (χ2v) is 5.80. The molecule has 0 fully saturated rings. The normalized spacial score (nSPS) is 16.4. The van der Waals surface area contributed by atoms with Gasteiger partial charge >= 0.3 is 0 Å². The van der Waals surface area contributed by atoms with Crippen LogP contribution in [0.25, 0.3) is 0 Å². The SMILES string of the molecule is CC(=O)N1CCc2ccccc2[C@H]1CC(=O)Nc1ncccc1O. The van der Waals surface area contributed by atoms with E-state index in [2.05, 4.69) is 10.3 Å². The van der Waals surface area contributed by atoms with Crippen LogP contribution in [0.2, 0.25) is 0 Å². The van der Waals surface area contributed by atoms with Gasteiger partial charge in [-0.05, 0) is 29.7 Å². The van der Waals surface area contributed by atoms with Crippen LogP contribution in [-0.4, -0.2) is 33.3 Å². The molecule has 2 amide bonds. The predicted molar refractivity (Wildman–Crippen MR) is 89.4 cm³/mol. The minimum atomic E-state index is -0.307. The Labute approximate surface area is 140 Å². The first-order valence-electron chi connectivity index (χ1n) is 7.85. The van der Waals surface area contributed by atoms with Crippen LogP contribution in [0.4, 0.5) is 5.82 Å². The van der Waals surface area contributed by atoms with Gasteiger partial charge in [0.2, 0.25) is 11.8 Å². The molecule has 24 heavy (non-hydrogen) atoms. The molecule has 1 aromatic carbocycles. The van der Waals surface area contributed by atoms with E-state index >= 15 is 0 Å². The number of carbonyl (C=O) groups excluding carboxylic acids is 2. The lowest BCUT2D eigenvalue weighted by Crippen LogP contribution is -2.40. The average molecular weight is 325 g/mol. The van der Waals surface area contributed by atoms with Gasteiger partial charge in [-0.2, -0.15) is 0 Å². The maximum Gasteiger partial charge on any atom is 0.228 e. The maximum absolute atomic E-state index is 12.4. The van der Waals surface area contributed by atoms with E-state index in [4.69, 9.17) is 0 Å². The Morgan fingerprint density at radius 3 is 2.83 bits per heavy atom. The van der Waals surface area contributed by atoms with E-state index in [1.54, 1.807) is 11.0 Å². The van der Waals surface area contributed by atoms with Crippen LogP contribution >= 0.6 is 0 Å². The van der Waals surface area contributed by atoms with Gasteiger partial charge in [0.15, 0.2) is 11.6 Å². The summed E-state index contributed by atoms with van der Waals surface area (Å²) in [7, 11) is 0. The topological polar surface area (TPSA) is 82.5 Å². The quantitative estimate of drug-likeness (QED) is 0.907. The molecule has 0 bridgehead atoms. The number of nitrogens with zero attached hydrogens (tertiary/aromatic N) is 2. The highest BCUT2D eigenvalue weighted by molar-refractivity contribution is 5.92. The van der Waals surface area contributed by atoms with Crippen LogP contribution in [0.5, 0.6) is 5.75 Å². The van der Waals surface area contributed by atoms with Gasteiger partial charge in [0.1, 0.15) is 0 Å². The smallest absolute Gasteiger partial charge is 0.228 e. The number of carbonyl (C=O) groups is 2. The molecule has 2 heterocycles. The average Bonchev–Trinajstić information content (AvgIpc) is 2.57. The van der Waals surface area contributed by atoms with Crippen LogP contribution in [0.1, 0.15) is 30.5 Å². The van der Waals surface area contributed by atoms with Crippen LogP contribution in [-0.2, 0) is 16.0 Å². The summed E-state index contributed by atoms with van der Waals surface area (Å²) < 4.78 is 0. The van der Waals surface area contributed by atoms with Crippen molar-refractivity contribution in [2.75, 3.05) is 11.9 Å². The fourth-order valence-corrected chi connectivity index (χ4v) is 3.10. The van der Waals surface area contributed by atoms with Gasteiger partial charge in [0, 0.05) is 19.7 Å². The van der Waals surface area contributed by atoms with Crippen LogP contribution < -0.4 is 5.32 Å². The Hall–Kier alpha value is -2.89. The number of hydrogen-bond acceptors (Lipinski definition) is 4. The molecule has 1 atom stereocenters. The largest absolute Gasteiger partial charge is 0.504 e. The summed E-state index contributed by atoms with van der Waals surface area (Å²) in [5, 5.41) is 12.3. The number of aromatic nitrogens is 1. The lowest BCUT2D eigenvalue weighted by atomic mass is 9.90. The molecule has 3 rings (SSSR count). The number of anilines is 1. The van der Waals surface area contributed by atoms with Gasteiger partial charge in [-0.25, -0.2) is 4.98 Å². The standard InChI is InChI=1S/C18H19N3O3/c1-12(22)21-10-8-13-5-2-3-6-14(13)15(21)11-17(24)20-18-16(23)7-4-9-19-18/h2-7,9,15,23H,8,10-11H2,1H3,(H,19,20,24)/t15-/m1/s1. The first kappa shape index (κ1) is 16.0. The van der Waals surface area contributed by atoms with Crippen LogP contribution in [0.3, 0.4) is 0 Å². The molecule has 1 aromatic heterocycles. The van der Waals surface area contributed by atoms with Crippen LogP contribution in [0.15, 0.2) is 42.6 Å². The van der Waals surface area contributed by atoms with Gasteiger partial charge < -0.3 is 15.3 Å². The minimum absolute atomic E-state index is 0.0528. The van der Waals surface area contributed by atoms with Crippen LogP contribution in [0, 0.1) is 0 Å². The van der Waals surface area contributed by atoms with Gasteiger partial charge in [0.05, 0.1) is 12.5 Å². The minimum Gasteiger partial charge on any atom is -0.504 e. The van der Waals surface area contributed by atoms with E-state index < -0.39 is 0 Å². The van der Waals surface area contributed by atoms with Crippen molar-refractivity contribution in [3.8, 4) is 5.75 Å². The number of fused-ring (bicyclic) bond motifs is 1. The van der Waals surface area contributed by atoms with Crippen molar-refractivity contribution in [3.05, 3.63) is 53.7 Å². The Morgan fingerprint density at radius 2 is 2.08 bits per heavy atom. The molecule has 6 heteroatoms. The third-order valence-electron chi connectivity index (χ3n) is 4.24. The molecule has 2 aromatic rings. The molecule has 0 aliphatic carbocycles. The molecule has 124 valence electrons. The van der Waals surface area contributed by atoms with Crippen molar-refractivity contribution in [2.45, 2.75) is 25.8 Å². The molecular formula is C18H19N3O3. The number of amides is 2. The van der Waals surface area contributed by atoms with Crippen molar-refractivity contribution in [2.24, 2.45) is 0 Å². The van der Waals surface area contributed by atoms with Crippen molar-refractivity contribution in [1.82, 2.24) is 9.88 Å². The molecule has 0 unspecified atom stereocenters. The Balaban J connectivity index is 1.82. The summed E-state index contributed by atoms with van der Waals surface area (Å²) in [6.07, 6.45) is 2.40. The third-order valence-corrected chi connectivity index (χ3v) is 4.24. The molecule has 2 N–H and O–H groups in total. The predicted octanol–water partition coefficient (Wildman–Crippen LogP) is 2.26. The molecule has 0 saturated heterocycles. The van der Waals surface area contributed by atoms with Crippen molar-refractivity contribution in [1.29, 1.82) is 0 Å². The summed E-state index contributed by atoms with van der Waals surface area (Å²) in [4.78, 5) is 30.0. The molecule has 1 aliphatic heterocycles. The van der Waals surface area contributed by atoms with E-state index in [-0.39, 0.29) is 35.8 Å². The molecule has 1 aliphatic rings. The lowest BCUT2D eigenvalue weighted by Gasteiger charge is -2.36. The zero-order chi connectivity index (χ0) is 17.1. The van der Waals surface area contributed by atoms with Gasteiger partial charge in [-0.1, -0.05) is 24.3 Å². The van der Waals surface area contributed by atoms with E-state index in [0.29, 0.717) is 6.54 Å². The molecule has 0 radical (unpaired) electrons. The van der Waals surface area contributed by atoms with E-state index in [1.165, 1.54) is 19.2 Å². The highest BCUT2D eigenvalue weighted by Crippen LogP contribution is 2.32. The fraction of sp³-hybridized carbons (Fsp3) is 0.278. The monoisotopic (exact) mass is 325 g/mol. The lowest BCUT2D eigenvalue weighted by molar-refractivity contribution is -0.132. The summed E-state index contributed by atoms with van der Waals surface area (Å²) in [6, 6.07) is 10.6. The number of benzene rings is 1.